The Balaban J connectivity index is 1.43. The number of methoxy groups -OCH3 is 1. The Hall–Kier alpha value is -2.34. The van der Waals surface area contributed by atoms with Crippen molar-refractivity contribution >= 4 is 23.0 Å². The third-order valence-corrected chi connectivity index (χ3v) is 5.01. The van der Waals surface area contributed by atoms with Gasteiger partial charge in [0.1, 0.15) is 11.6 Å². The van der Waals surface area contributed by atoms with E-state index in [-0.39, 0.29) is 5.82 Å². The number of anilines is 1. The van der Waals surface area contributed by atoms with E-state index >= 15 is 0 Å². The van der Waals surface area contributed by atoms with E-state index < -0.39 is 0 Å². The molecule has 1 aliphatic heterocycles. The molecule has 1 aliphatic rings. The fourth-order valence-electron chi connectivity index (χ4n) is 3.08. The van der Waals surface area contributed by atoms with E-state index in [1.165, 1.54) is 11.6 Å². The molecule has 0 bridgehead atoms. The van der Waals surface area contributed by atoms with Gasteiger partial charge < -0.3 is 19.9 Å². The average Bonchev–Trinajstić information content (AvgIpc) is 2.69. The van der Waals surface area contributed by atoms with E-state index in [4.69, 9.17) is 17.0 Å². The van der Waals surface area contributed by atoms with Crippen LogP contribution in [0.5, 0.6) is 5.75 Å². The first-order valence-electron chi connectivity index (χ1n) is 8.82. The topological polar surface area (TPSA) is 27.7 Å². The lowest BCUT2D eigenvalue weighted by Gasteiger charge is -2.37. The number of piperazine rings is 1. The van der Waals surface area contributed by atoms with Crippen LogP contribution in [0.2, 0.25) is 0 Å². The molecule has 2 aromatic carbocycles. The second-order valence-corrected chi connectivity index (χ2v) is 6.64. The second kappa shape index (κ2) is 8.85. The largest absolute Gasteiger partial charge is 0.497 e. The van der Waals surface area contributed by atoms with Crippen molar-refractivity contribution in [1.29, 1.82) is 0 Å². The molecule has 0 aliphatic carbocycles. The van der Waals surface area contributed by atoms with Gasteiger partial charge in [-0.25, -0.2) is 4.39 Å². The summed E-state index contributed by atoms with van der Waals surface area (Å²) >= 11 is 5.51. The molecule has 1 heterocycles. The molecule has 0 aromatic heterocycles. The van der Waals surface area contributed by atoms with Crippen LogP contribution in [0, 0.1) is 5.82 Å². The SMILES string of the molecule is COc1ccc(CCNC(=S)N2CCN(c3ccccc3F)CC2)cc1. The van der Waals surface area contributed by atoms with Gasteiger partial charge in [-0.15, -0.1) is 0 Å². The van der Waals surface area contributed by atoms with E-state index in [9.17, 15) is 4.39 Å². The molecule has 3 rings (SSSR count). The summed E-state index contributed by atoms with van der Waals surface area (Å²) < 4.78 is 19.1. The predicted molar refractivity (Wildman–Crippen MR) is 107 cm³/mol. The highest BCUT2D eigenvalue weighted by Gasteiger charge is 2.20. The number of hydrogen-bond donors (Lipinski definition) is 1. The average molecular weight is 373 g/mol. The molecule has 0 unspecified atom stereocenters. The Morgan fingerprint density at radius 3 is 2.42 bits per heavy atom. The van der Waals surface area contributed by atoms with Crippen LogP contribution in [0.4, 0.5) is 10.1 Å². The van der Waals surface area contributed by atoms with Crippen molar-refractivity contribution in [2.24, 2.45) is 0 Å². The van der Waals surface area contributed by atoms with Gasteiger partial charge >= 0.3 is 0 Å². The minimum atomic E-state index is -0.166. The summed E-state index contributed by atoms with van der Waals surface area (Å²) in [6, 6.07) is 15.0. The molecule has 1 fully saturated rings. The zero-order valence-corrected chi connectivity index (χ0v) is 15.8. The van der Waals surface area contributed by atoms with E-state index in [0.29, 0.717) is 5.69 Å². The van der Waals surface area contributed by atoms with Crippen molar-refractivity contribution in [3.05, 3.63) is 59.9 Å². The second-order valence-electron chi connectivity index (χ2n) is 6.26. The lowest BCUT2D eigenvalue weighted by Crippen LogP contribution is -2.52. The molecular formula is C20H24FN3OS. The molecular weight excluding hydrogens is 349 g/mol. The fraction of sp³-hybridized carbons (Fsp3) is 0.350. The molecule has 1 saturated heterocycles. The van der Waals surface area contributed by atoms with Gasteiger partial charge in [0.05, 0.1) is 12.8 Å². The number of halogens is 1. The maximum Gasteiger partial charge on any atom is 0.169 e. The zero-order valence-electron chi connectivity index (χ0n) is 15.0. The molecule has 0 saturated carbocycles. The number of hydrogen-bond acceptors (Lipinski definition) is 3. The molecule has 0 spiro atoms. The first kappa shape index (κ1) is 18.5. The number of nitrogens with one attached hydrogen (secondary N) is 1. The van der Waals surface area contributed by atoms with Crippen molar-refractivity contribution in [2.75, 3.05) is 44.7 Å². The Morgan fingerprint density at radius 2 is 1.77 bits per heavy atom. The van der Waals surface area contributed by atoms with E-state index in [0.717, 1.165) is 50.0 Å². The first-order chi connectivity index (χ1) is 12.7. The lowest BCUT2D eigenvalue weighted by molar-refractivity contribution is 0.378. The van der Waals surface area contributed by atoms with Gasteiger partial charge in [-0.1, -0.05) is 24.3 Å². The molecule has 26 heavy (non-hydrogen) atoms. The molecule has 1 N–H and O–H groups in total. The highest BCUT2D eigenvalue weighted by molar-refractivity contribution is 7.80. The smallest absolute Gasteiger partial charge is 0.169 e. The number of thiocarbonyl (C=S) groups is 1. The number of para-hydroxylation sites is 1. The van der Waals surface area contributed by atoms with Crippen molar-refractivity contribution in [3.8, 4) is 5.75 Å². The zero-order chi connectivity index (χ0) is 18.4. The summed E-state index contributed by atoms with van der Waals surface area (Å²) in [5, 5.41) is 4.10. The number of ether oxygens (including phenoxy) is 1. The molecule has 0 radical (unpaired) electrons. The van der Waals surface area contributed by atoms with Crippen LogP contribution < -0.4 is 15.0 Å². The maximum absolute atomic E-state index is 13.9. The minimum Gasteiger partial charge on any atom is -0.497 e. The molecule has 4 nitrogen and oxygen atoms in total. The lowest BCUT2D eigenvalue weighted by atomic mass is 10.1. The Bertz CT molecular complexity index is 730. The van der Waals surface area contributed by atoms with E-state index in [1.807, 2.05) is 24.3 Å². The summed E-state index contributed by atoms with van der Waals surface area (Å²) in [6.07, 6.45) is 0.902. The Labute approximate surface area is 159 Å². The minimum absolute atomic E-state index is 0.166. The predicted octanol–water partition coefficient (Wildman–Crippen LogP) is 3.07. The standard InChI is InChI=1S/C20H24FN3OS/c1-25-17-8-6-16(7-9-17)10-11-22-20(26)24-14-12-23(13-15-24)19-5-3-2-4-18(19)21/h2-9H,10-15H2,1H3,(H,22,26). The van der Waals surface area contributed by atoms with Gasteiger partial charge in [-0.2, -0.15) is 0 Å². The summed E-state index contributed by atoms with van der Waals surface area (Å²) in [7, 11) is 1.67. The highest BCUT2D eigenvalue weighted by atomic mass is 32.1. The van der Waals surface area contributed by atoms with Crippen molar-refractivity contribution < 1.29 is 9.13 Å². The summed E-state index contributed by atoms with van der Waals surface area (Å²) in [5.41, 5.74) is 1.91. The van der Waals surface area contributed by atoms with Crippen LogP contribution in [-0.2, 0) is 6.42 Å². The third kappa shape index (κ3) is 4.64. The fourth-order valence-corrected chi connectivity index (χ4v) is 3.36. The Kier molecular flexibility index (Phi) is 6.28. The summed E-state index contributed by atoms with van der Waals surface area (Å²) in [5.74, 6) is 0.700. The maximum atomic E-state index is 13.9. The monoisotopic (exact) mass is 373 g/mol. The molecule has 2 aromatic rings. The van der Waals surface area contributed by atoms with E-state index in [2.05, 4.69) is 27.2 Å². The summed E-state index contributed by atoms with van der Waals surface area (Å²) in [6.45, 7) is 3.91. The van der Waals surface area contributed by atoms with Crippen molar-refractivity contribution in [1.82, 2.24) is 10.2 Å². The number of rotatable bonds is 5. The third-order valence-electron chi connectivity index (χ3n) is 4.61. The van der Waals surface area contributed by atoms with Crippen LogP contribution >= 0.6 is 12.2 Å². The van der Waals surface area contributed by atoms with Crippen LogP contribution in [0.25, 0.3) is 0 Å². The number of benzene rings is 2. The summed E-state index contributed by atoms with van der Waals surface area (Å²) in [4.78, 5) is 4.23. The van der Waals surface area contributed by atoms with Gasteiger partial charge in [0, 0.05) is 32.7 Å². The van der Waals surface area contributed by atoms with Crippen LogP contribution in [0.3, 0.4) is 0 Å². The molecule has 0 amide bonds. The van der Waals surface area contributed by atoms with Gasteiger partial charge in [0.15, 0.2) is 5.11 Å². The first-order valence-corrected chi connectivity index (χ1v) is 9.23. The van der Waals surface area contributed by atoms with Crippen molar-refractivity contribution in [3.63, 3.8) is 0 Å². The van der Waals surface area contributed by atoms with Crippen LogP contribution in [-0.4, -0.2) is 49.8 Å². The Morgan fingerprint density at radius 1 is 1.08 bits per heavy atom. The van der Waals surface area contributed by atoms with Crippen LogP contribution in [0.1, 0.15) is 5.56 Å². The van der Waals surface area contributed by atoms with Crippen LogP contribution in [0.15, 0.2) is 48.5 Å². The quantitative estimate of drug-likeness (QED) is 0.813. The number of nitrogens with zero attached hydrogens (tertiary/aromatic N) is 2. The van der Waals surface area contributed by atoms with Gasteiger partial charge in [-0.05, 0) is 48.5 Å². The molecule has 6 heteroatoms. The van der Waals surface area contributed by atoms with Crippen molar-refractivity contribution in [2.45, 2.75) is 6.42 Å². The van der Waals surface area contributed by atoms with Gasteiger partial charge in [0.2, 0.25) is 0 Å². The molecule has 138 valence electrons. The van der Waals surface area contributed by atoms with Gasteiger partial charge in [0.25, 0.3) is 0 Å². The highest BCUT2D eigenvalue weighted by Crippen LogP contribution is 2.20. The van der Waals surface area contributed by atoms with E-state index in [1.54, 1.807) is 13.2 Å². The van der Waals surface area contributed by atoms with Gasteiger partial charge in [-0.3, -0.25) is 0 Å². The normalized spacial score (nSPS) is 14.2. The molecule has 0 atom stereocenters.